The summed E-state index contributed by atoms with van der Waals surface area (Å²) in [6.07, 6.45) is 8.87. The second kappa shape index (κ2) is 10.8. The number of unbranched alkanes of at least 4 members (excludes halogenated alkanes) is 2. The zero-order valence-electron chi connectivity index (χ0n) is 20.3. The van der Waals surface area contributed by atoms with Crippen molar-refractivity contribution in [3.05, 3.63) is 83.4 Å². The maximum absolute atomic E-state index is 13.2. The number of rotatable bonds is 9. The van der Waals surface area contributed by atoms with Crippen LogP contribution in [-0.2, 0) is 17.9 Å². The van der Waals surface area contributed by atoms with Gasteiger partial charge in [-0.2, -0.15) is 0 Å². The summed E-state index contributed by atoms with van der Waals surface area (Å²) in [7, 11) is 0. The molecule has 4 rings (SSSR count). The monoisotopic (exact) mass is 444 g/mol. The van der Waals surface area contributed by atoms with E-state index in [1.807, 2.05) is 11.2 Å². The highest BCUT2D eigenvalue weighted by Gasteiger charge is 2.33. The van der Waals surface area contributed by atoms with E-state index in [0.717, 1.165) is 31.7 Å². The van der Waals surface area contributed by atoms with E-state index in [9.17, 15) is 4.79 Å². The minimum atomic E-state index is 0.186. The summed E-state index contributed by atoms with van der Waals surface area (Å²) in [5.74, 6) is 0.186. The van der Waals surface area contributed by atoms with Gasteiger partial charge in [0.1, 0.15) is 12.7 Å². The van der Waals surface area contributed by atoms with Gasteiger partial charge in [0.2, 0.25) is 12.2 Å². The zero-order chi connectivity index (χ0) is 23.2. The number of imidazole rings is 1. The molecule has 1 N–H and O–H groups in total. The van der Waals surface area contributed by atoms with Gasteiger partial charge in [0.15, 0.2) is 5.69 Å². The maximum atomic E-state index is 13.2. The minimum absolute atomic E-state index is 0.186. The highest BCUT2D eigenvalue weighted by Crippen LogP contribution is 2.24. The number of H-pyrrole nitrogens is 1. The van der Waals surface area contributed by atoms with Crippen molar-refractivity contribution in [2.45, 2.75) is 65.6 Å². The van der Waals surface area contributed by atoms with E-state index in [-0.39, 0.29) is 5.91 Å². The lowest BCUT2D eigenvalue weighted by Gasteiger charge is -2.40. The fraction of sp³-hybridized carbons (Fsp3) is 0.429. The molecule has 0 radical (unpaired) electrons. The van der Waals surface area contributed by atoms with Crippen molar-refractivity contribution in [1.82, 2.24) is 9.88 Å². The van der Waals surface area contributed by atoms with E-state index in [4.69, 9.17) is 0 Å². The smallest absolute Gasteiger partial charge is 0.242 e. The Morgan fingerprint density at radius 1 is 1.00 bits per heavy atom. The average molecular weight is 445 g/mol. The third-order valence-corrected chi connectivity index (χ3v) is 6.72. The molecule has 1 amide bonds. The number of nitrogens with one attached hydrogen (secondary N) is 1. The number of carbonyl (C=O) groups is 1. The molecular formula is C28H37N4O+. The molecule has 174 valence electrons. The van der Waals surface area contributed by atoms with Crippen molar-refractivity contribution in [1.29, 1.82) is 0 Å². The molecule has 1 aromatic heterocycles. The number of carbonyl (C=O) groups excluding carboxylic acids is 1. The summed E-state index contributed by atoms with van der Waals surface area (Å²) in [4.78, 5) is 20.8. The first-order chi connectivity index (χ1) is 16.0. The minimum Gasteiger partial charge on any atom is -0.310 e. The van der Waals surface area contributed by atoms with Crippen LogP contribution in [0.25, 0.3) is 0 Å². The van der Waals surface area contributed by atoms with Gasteiger partial charge in [0, 0.05) is 18.3 Å². The van der Waals surface area contributed by atoms with Gasteiger partial charge in [-0.25, -0.2) is 9.55 Å². The number of amides is 1. The number of piperazine rings is 1. The molecule has 1 aliphatic heterocycles. The quantitative estimate of drug-likeness (QED) is 0.382. The Morgan fingerprint density at radius 3 is 2.39 bits per heavy atom. The molecule has 1 saturated heterocycles. The van der Waals surface area contributed by atoms with Crippen LogP contribution in [0.2, 0.25) is 0 Å². The van der Waals surface area contributed by atoms with Crippen LogP contribution in [0.3, 0.4) is 0 Å². The van der Waals surface area contributed by atoms with Gasteiger partial charge < -0.3 is 4.90 Å². The van der Waals surface area contributed by atoms with Crippen LogP contribution >= 0.6 is 0 Å². The summed E-state index contributed by atoms with van der Waals surface area (Å²) in [5, 5.41) is 0. The number of hydrogen-bond donors (Lipinski definition) is 1. The Balaban J connectivity index is 1.50. The third kappa shape index (κ3) is 5.91. The van der Waals surface area contributed by atoms with Crippen molar-refractivity contribution < 1.29 is 9.36 Å². The first-order valence-corrected chi connectivity index (χ1v) is 12.2. The Kier molecular flexibility index (Phi) is 7.61. The Labute approximate surface area is 198 Å². The molecule has 1 fully saturated rings. The van der Waals surface area contributed by atoms with E-state index in [2.05, 4.69) is 89.9 Å². The Bertz CT molecular complexity index is 1040. The van der Waals surface area contributed by atoms with Crippen molar-refractivity contribution in [2.24, 2.45) is 0 Å². The maximum Gasteiger partial charge on any atom is 0.242 e. The number of aryl methyl sites for hydroxylation is 2. The van der Waals surface area contributed by atoms with E-state index < -0.39 is 0 Å². The molecule has 0 aliphatic carbocycles. The average Bonchev–Trinajstić information content (AvgIpc) is 3.24. The van der Waals surface area contributed by atoms with Gasteiger partial charge in [0.25, 0.3) is 0 Å². The van der Waals surface area contributed by atoms with Crippen molar-refractivity contribution >= 4 is 11.6 Å². The Morgan fingerprint density at radius 2 is 1.70 bits per heavy atom. The molecule has 5 nitrogen and oxygen atoms in total. The fourth-order valence-corrected chi connectivity index (χ4v) is 4.65. The predicted octanol–water partition coefficient (Wildman–Crippen LogP) is 4.77. The largest absolute Gasteiger partial charge is 0.310 e. The van der Waals surface area contributed by atoms with Gasteiger partial charge in [-0.3, -0.25) is 9.69 Å². The first kappa shape index (κ1) is 23.2. The number of hydrogen-bond acceptors (Lipinski definition) is 2. The molecule has 2 aromatic carbocycles. The van der Waals surface area contributed by atoms with E-state index in [0.29, 0.717) is 12.6 Å². The van der Waals surface area contributed by atoms with E-state index in [1.54, 1.807) is 0 Å². The molecule has 1 aliphatic rings. The van der Waals surface area contributed by atoms with E-state index >= 15 is 0 Å². The second-order valence-corrected chi connectivity index (χ2v) is 9.44. The van der Waals surface area contributed by atoms with Crippen LogP contribution in [0, 0.1) is 13.8 Å². The lowest BCUT2D eigenvalue weighted by Crippen LogP contribution is -2.56. The molecule has 0 bridgehead atoms. The number of benzene rings is 2. The molecule has 2 heterocycles. The third-order valence-electron chi connectivity index (χ3n) is 6.72. The van der Waals surface area contributed by atoms with Crippen LogP contribution in [0.1, 0.15) is 55.0 Å². The number of aromatic nitrogens is 2. The van der Waals surface area contributed by atoms with Gasteiger partial charge in [0.05, 0.1) is 13.1 Å². The Hall–Kier alpha value is -2.92. The molecule has 0 saturated carbocycles. The van der Waals surface area contributed by atoms with Gasteiger partial charge >= 0.3 is 0 Å². The number of aromatic amines is 1. The SMILES string of the molecule is Cc1ccc(C[n+]2c[nH]cc2CN2CC(=O)N(c3ccc(C)cc3)CC2CCCC[11CH3])cc1. The zero-order valence-corrected chi connectivity index (χ0v) is 20.3. The van der Waals surface area contributed by atoms with Crippen molar-refractivity contribution in [2.75, 3.05) is 18.0 Å². The van der Waals surface area contributed by atoms with Crippen molar-refractivity contribution in [3.8, 4) is 0 Å². The summed E-state index contributed by atoms with van der Waals surface area (Å²) < 4.78 is 2.27. The number of anilines is 1. The van der Waals surface area contributed by atoms with E-state index in [1.165, 1.54) is 41.6 Å². The summed E-state index contributed by atoms with van der Waals surface area (Å²) in [5.41, 5.74) is 6.01. The lowest BCUT2D eigenvalue weighted by molar-refractivity contribution is -0.695. The van der Waals surface area contributed by atoms with Crippen LogP contribution in [0.4, 0.5) is 5.69 Å². The van der Waals surface area contributed by atoms with Gasteiger partial charge in [-0.15, -0.1) is 0 Å². The highest BCUT2D eigenvalue weighted by molar-refractivity contribution is 5.95. The molecular weight excluding hydrogens is 407 g/mol. The molecule has 0 spiro atoms. The summed E-state index contributed by atoms with van der Waals surface area (Å²) >= 11 is 0. The molecule has 1 unspecified atom stereocenters. The van der Waals surface area contributed by atoms with Gasteiger partial charge in [-0.05, 0) is 38.0 Å². The summed E-state index contributed by atoms with van der Waals surface area (Å²) in [6, 6.07) is 17.4. The van der Waals surface area contributed by atoms with Crippen LogP contribution in [-0.4, -0.2) is 34.9 Å². The molecule has 3 aromatic rings. The molecule has 5 heteroatoms. The first-order valence-electron chi connectivity index (χ1n) is 12.2. The topological polar surface area (TPSA) is 43.2 Å². The van der Waals surface area contributed by atoms with Gasteiger partial charge in [-0.1, -0.05) is 73.7 Å². The van der Waals surface area contributed by atoms with Crippen molar-refractivity contribution in [3.63, 3.8) is 0 Å². The van der Waals surface area contributed by atoms with Crippen LogP contribution < -0.4 is 9.47 Å². The van der Waals surface area contributed by atoms with Crippen LogP contribution in [0.15, 0.2) is 61.1 Å². The highest BCUT2D eigenvalue weighted by atomic mass is 16.2. The van der Waals surface area contributed by atoms with Crippen LogP contribution in [0.5, 0.6) is 0 Å². The fourth-order valence-electron chi connectivity index (χ4n) is 4.65. The normalized spacial score (nSPS) is 17.0. The second-order valence-electron chi connectivity index (χ2n) is 9.44. The summed E-state index contributed by atoms with van der Waals surface area (Å²) in [6.45, 7) is 9.27. The number of nitrogens with zero attached hydrogens (tertiary/aromatic N) is 3. The lowest BCUT2D eigenvalue weighted by atomic mass is 9.99. The molecule has 33 heavy (non-hydrogen) atoms. The standard InChI is InChI=1S/C28H36N4O/c1-4-5-6-7-26-19-32(25-14-10-23(3)11-15-25)28(33)20-30(26)18-27-16-29-21-31(27)17-24-12-8-22(2)9-13-24/h8-16,21,26H,4-7,17-20H2,1-3H3/p+1/i1-1. The predicted molar refractivity (Wildman–Crippen MR) is 133 cm³/mol. The molecule has 1 atom stereocenters.